The monoisotopic (exact) mass is 311 g/mol. The lowest BCUT2D eigenvalue weighted by Gasteiger charge is -2.10. The number of carboxylic acid groups (broad SMARTS) is 1. The first-order chi connectivity index (χ1) is 9.52. The van der Waals surface area contributed by atoms with Crippen molar-refractivity contribution in [2.24, 2.45) is 0 Å². The molecule has 0 spiro atoms. The van der Waals surface area contributed by atoms with Gasteiger partial charge in [-0.3, -0.25) is 9.36 Å². The molecule has 106 valence electrons. The van der Waals surface area contributed by atoms with E-state index in [1.807, 2.05) is 36.6 Å². The minimum atomic E-state index is -0.885. The first kappa shape index (κ1) is 14.9. The summed E-state index contributed by atoms with van der Waals surface area (Å²) in [5, 5.41) is 18.2. The second kappa shape index (κ2) is 6.28. The Hall–Kier alpha value is -1.53. The lowest BCUT2D eigenvalue weighted by Crippen LogP contribution is -2.04. The van der Waals surface area contributed by atoms with E-state index in [1.165, 1.54) is 0 Å². The molecule has 20 heavy (non-hydrogen) atoms. The molecule has 0 fully saturated rings. The van der Waals surface area contributed by atoms with Gasteiger partial charge in [-0.05, 0) is 24.6 Å². The summed E-state index contributed by atoms with van der Waals surface area (Å²) in [5.41, 5.74) is 1.83. The van der Waals surface area contributed by atoms with E-state index in [4.69, 9.17) is 16.7 Å². The van der Waals surface area contributed by atoms with E-state index in [1.54, 1.807) is 0 Å². The molecule has 1 N–H and O–H groups in total. The number of halogens is 1. The highest BCUT2D eigenvalue weighted by Crippen LogP contribution is 2.25. The largest absolute Gasteiger partial charge is 0.481 e. The van der Waals surface area contributed by atoms with Crippen LogP contribution < -0.4 is 0 Å². The molecule has 0 atom stereocenters. The number of hydrogen-bond acceptors (Lipinski definition) is 4. The summed E-state index contributed by atoms with van der Waals surface area (Å²) >= 11 is 7.29. The molecular formula is C13H14ClN3O2S. The molecule has 2 rings (SSSR count). The number of carboxylic acids is 1. The highest BCUT2D eigenvalue weighted by atomic mass is 35.5. The number of carbonyl (C=O) groups is 1. The third kappa shape index (κ3) is 3.13. The summed E-state index contributed by atoms with van der Waals surface area (Å²) in [7, 11) is 0. The SMILES string of the molecule is CCc1nnc(SCC(=O)O)n1-c1ccc(C)c(Cl)c1. The van der Waals surface area contributed by atoms with Crippen molar-refractivity contribution in [1.82, 2.24) is 14.8 Å². The van der Waals surface area contributed by atoms with Crippen LogP contribution in [0.2, 0.25) is 5.02 Å². The van der Waals surface area contributed by atoms with Crippen molar-refractivity contribution in [1.29, 1.82) is 0 Å². The Morgan fingerprint density at radius 2 is 2.20 bits per heavy atom. The summed E-state index contributed by atoms with van der Waals surface area (Å²) in [6.45, 7) is 3.90. The minimum absolute atomic E-state index is 0.0541. The highest BCUT2D eigenvalue weighted by molar-refractivity contribution is 7.99. The van der Waals surface area contributed by atoms with Gasteiger partial charge in [0.1, 0.15) is 5.82 Å². The van der Waals surface area contributed by atoms with Crippen molar-refractivity contribution >= 4 is 29.3 Å². The second-order valence-electron chi connectivity index (χ2n) is 4.20. The second-order valence-corrected chi connectivity index (χ2v) is 5.55. The maximum Gasteiger partial charge on any atom is 0.313 e. The summed E-state index contributed by atoms with van der Waals surface area (Å²) in [6.07, 6.45) is 0.701. The maximum atomic E-state index is 10.7. The smallest absolute Gasteiger partial charge is 0.313 e. The zero-order valence-corrected chi connectivity index (χ0v) is 12.7. The molecule has 2 aromatic rings. The van der Waals surface area contributed by atoms with Gasteiger partial charge in [0.25, 0.3) is 0 Å². The predicted molar refractivity (Wildman–Crippen MR) is 78.8 cm³/mol. The van der Waals surface area contributed by atoms with E-state index in [-0.39, 0.29) is 5.75 Å². The van der Waals surface area contributed by atoms with Gasteiger partial charge in [-0.1, -0.05) is 36.4 Å². The van der Waals surface area contributed by atoms with Crippen LogP contribution in [-0.4, -0.2) is 31.6 Å². The van der Waals surface area contributed by atoms with Crippen LogP contribution in [0.3, 0.4) is 0 Å². The number of thioether (sulfide) groups is 1. The Kier molecular flexibility index (Phi) is 4.67. The van der Waals surface area contributed by atoms with Crippen LogP contribution in [0.25, 0.3) is 5.69 Å². The van der Waals surface area contributed by atoms with Crippen LogP contribution in [0.1, 0.15) is 18.3 Å². The molecule has 0 unspecified atom stereocenters. The Morgan fingerprint density at radius 1 is 1.45 bits per heavy atom. The molecule has 1 heterocycles. The number of aromatic nitrogens is 3. The zero-order valence-electron chi connectivity index (χ0n) is 11.1. The zero-order chi connectivity index (χ0) is 14.7. The van der Waals surface area contributed by atoms with Crippen molar-refractivity contribution in [3.05, 3.63) is 34.6 Å². The molecule has 0 bridgehead atoms. The van der Waals surface area contributed by atoms with Crippen molar-refractivity contribution in [2.45, 2.75) is 25.4 Å². The normalized spacial score (nSPS) is 10.8. The molecule has 0 aliphatic carbocycles. The van der Waals surface area contributed by atoms with Crippen LogP contribution in [0.4, 0.5) is 0 Å². The maximum absolute atomic E-state index is 10.7. The van der Waals surface area contributed by atoms with Gasteiger partial charge in [0.05, 0.1) is 11.4 Å². The van der Waals surface area contributed by atoms with E-state index in [0.717, 1.165) is 28.8 Å². The standard InChI is InChI=1S/C13H14ClN3O2S/c1-3-11-15-16-13(20-7-12(18)19)17(11)9-5-4-8(2)10(14)6-9/h4-6H,3,7H2,1-2H3,(H,18,19). The molecule has 1 aromatic carbocycles. The highest BCUT2D eigenvalue weighted by Gasteiger charge is 2.15. The van der Waals surface area contributed by atoms with Crippen molar-refractivity contribution in [3.63, 3.8) is 0 Å². The fraction of sp³-hybridized carbons (Fsp3) is 0.308. The number of hydrogen-bond donors (Lipinski definition) is 1. The van der Waals surface area contributed by atoms with Gasteiger partial charge in [0, 0.05) is 11.4 Å². The molecule has 0 aliphatic heterocycles. The number of aliphatic carboxylic acids is 1. The minimum Gasteiger partial charge on any atom is -0.481 e. The van der Waals surface area contributed by atoms with Gasteiger partial charge in [0.2, 0.25) is 0 Å². The van der Waals surface area contributed by atoms with E-state index in [2.05, 4.69) is 10.2 Å². The first-order valence-electron chi connectivity index (χ1n) is 6.08. The van der Waals surface area contributed by atoms with Crippen LogP contribution in [-0.2, 0) is 11.2 Å². The molecular weight excluding hydrogens is 298 g/mol. The summed E-state index contributed by atoms with van der Waals surface area (Å²) in [5.74, 6) is -0.163. The third-order valence-corrected chi connectivity index (χ3v) is 4.08. The van der Waals surface area contributed by atoms with Crippen LogP contribution in [0.15, 0.2) is 23.4 Å². The van der Waals surface area contributed by atoms with Gasteiger partial charge < -0.3 is 5.11 Å². The van der Waals surface area contributed by atoms with Gasteiger partial charge in [-0.25, -0.2) is 0 Å². The summed E-state index contributed by atoms with van der Waals surface area (Å²) in [4.78, 5) is 10.7. The summed E-state index contributed by atoms with van der Waals surface area (Å²) in [6, 6.07) is 5.68. The number of nitrogens with zero attached hydrogens (tertiary/aromatic N) is 3. The number of aryl methyl sites for hydroxylation is 2. The molecule has 0 amide bonds. The van der Waals surface area contributed by atoms with E-state index in [9.17, 15) is 4.79 Å². The molecule has 1 aromatic heterocycles. The number of benzene rings is 1. The first-order valence-corrected chi connectivity index (χ1v) is 7.44. The topological polar surface area (TPSA) is 68.0 Å². The van der Waals surface area contributed by atoms with Crippen LogP contribution in [0.5, 0.6) is 0 Å². The lowest BCUT2D eigenvalue weighted by molar-refractivity contribution is -0.133. The lowest BCUT2D eigenvalue weighted by atomic mass is 10.2. The average molecular weight is 312 g/mol. The molecule has 0 saturated carbocycles. The fourth-order valence-electron chi connectivity index (χ4n) is 1.73. The average Bonchev–Trinajstić information content (AvgIpc) is 2.82. The van der Waals surface area contributed by atoms with Crippen molar-refractivity contribution in [2.75, 3.05) is 5.75 Å². The third-order valence-electron chi connectivity index (χ3n) is 2.75. The Bertz CT molecular complexity index is 643. The van der Waals surface area contributed by atoms with Gasteiger partial charge in [0.15, 0.2) is 5.16 Å². The van der Waals surface area contributed by atoms with Crippen molar-refractivity contribution in [3.8, 4) is 5.69 Å². The van der Waals surface area contributed by atoms with E-state index < -0.39 is 5.97 Å². The van der Waals surface area contributed by atoms with Gasteiger partial charge >= 0.3 is 5.97 Å². The van der Waals surface area contributed by atoms with Crippen LogP contribution >= 0.6 is 23.4 Å². The fourth-order valence-corrected chi connectivity index (χ4v) is 2.59. The predicted octanol–water partition coefficient (Wildman–Crippen LogP) is 2.97. The van der Waals surface area contributed by atoms with Gasteiger partial charge in [-0.2, -0.15) is 0 Å². The molecule has 0 saturated heterocycles. The van der Waals surface area contributed by atoms with Crippen LogP contribution in [0, 0.1) is 6.92 Å². The van der Waals surface area contributed by atoms with E-state index in [0.29, 0.717) is 16.6 Å². The van der Waals surface area contributed by atoms with E-state index >= 15 is 0 Å². The van der Waals surface area contributed by atoms with Crippen molar-refractivity contribution < 1.29 is 9.90 Å². The quantitative estimate of drug-likeness (QED) is 0.860. The molecule has 0 radical (unpaired) electrons. The Balaban J connectivity index is 2.44. The number of rotatable bonds is 5. The molecule has 7 heteroatoms. The Morgan fingerprint density at radius 3 is 2.80 bits per heavy atom. The summed E-state index contributed by atoms with van der Waals surface area (Å²) < 4.78 is 1.85. The Labute approximate surface area is 126 Å². The molecule has 0 aliphatic rings. The van der Waals surface area contributed by atoms with Gasteiger partial charge in [-0.15, -0.1) is 10.2 Å². The molecule has 5 nitrogen and oxygen atoms in total.